The number of nitrogens with zero attached hydrogens (tertiary/aromatic N) is 1. The maximum absolute atomic E-state index is 12.7. The summed E-state index contributed by atoms with van der Waals surface area (Å²) in [6.45, 7) is 3.44. The number of benzene rings is 2. The monoisotopic (exact) mass is 404 g/mol. The molecular formula is C23H20N2O5. The quantitative estimate of drug-likeness (QED) is 0.729. The van der Waals surface area contributed by atoms with Gasteiger partial charge in [-0.3, -0.25) is 0 Å². The molecular weight excluding hydrogens is 384 g/mol. The number of aromatic carboxylic acids is 1. The van der Waals surface area contributed by atoms with E-state index in [2.05, 4.69) is 6.07 Å². The SMILES string of the molecule is CCOC(=O)C1=C(C)OC(N)=C(C#N)C1c1ccccc1-c1cccc(C(=O)O)c1. The molecule has 2 aromatic carbocycles. The van der Waals surface area contributed by atoms with Crippen LogP contribution in [0, 0.1) is 11.3 Å². The third-order valence-electron chi connectivity index (χ3n) is 4.79. The van der Waals surface area contributed by atoms with E-state index in [-0.39, 0.29) is 35.0 Å². The fraction of sp³-hybridized carbons (Fsp3) is 0.174. The molecule has 0 aliphatic carbocycles. The molecule has 0 aromatic heterocycles. The highest BCUT2D eigenvalue weighted by Gasteiger charge is 2.37. The third kappa shape index (κ3) is 3.76. The number of carbonyl (C=O) groups excluding carboxylic acids is 1. The van der Waals surface area contributed by atoms with E-state index in [0.29, 0.717) is 16.7 Å². The van der Waals surface area contributed by atoms with Crippen LogP contribution in [-0.4, -0.2) is 23.7 Å². The zero-order chi connectivity index (χ0) is 21.8. The molecule has 1 aliphatic rings. The lowest BCUT2D eigenvalue weighted by atomic mass is 9.79. The van der Waals surface area contributed by atoms with Crippen molar-refractivity contribution in [1.29, 1.82) is 5.26 Å². The number of hydrogen-bond acceptors (Lipinski definition) is 6. The largest absolute Gasteiger partial charge is 0.478 e. The predicted molar refractivity (Wildman–Crippen MR) is 109 cm³/mol. The molecule has 1 atom stereocenters. The first kappa shape index (κ1) is 20.7. The van der Waals surface area contributed by atoms with Gasteiger partial charge >= 0.3 is 11.9 Å². The molecule has 30 heavy (non-hydrogen) atoms. The number of carboxylic acids is 1. The number of nitrogens with two attached hydrogens (primary N) is 1. The van der Waals surface area contributed by atoms with Crippen molar-refractivity contribution < 1.29 is 24.2 Å². The number of nitriles is 1. The van der Waals surface area contributed by atoms with Gasteiger partial charge in [-0.05, 0) is 42.7 Å². The van der Waals surface area contributed by atoms with E-state index in [1.165, 1.54) is 6.07 Å². The molecule has 0 bridgehead atoms. The third-order valence-corrected chi connectivity index (χ3v) is 4.79. The number of ether oxygens (including phenoxy) is 2. The number of esters is 1. The molecule has 3 rings (SSSR count). The minimum absolute atomic E-state index is 0.0814. The van der Waals surface area contributed by atoms with Gasteiger partial charge in [0.1, 0.15) is 17.4 Å². The van der Waals surface area contributed by atoms with Gasteiger partial charge in [-0.2, -0.15) is 5.26 Å². The lowest BCUT2D eigenvalue weighted by Crippen LogP contribution is -2.26. The Morgan fingerprint density at radius 3 is 2.63 bits per heavy atom. The van der Waals surface area contributed by atoms with Crippen LogP contribution in [0.4, 0.5) is 0 Å². The van der Waals surface area contributed by atoms with E-state index < -0.39 is 17.9 Å². The fourth-order valence-electron chi connectivity index (χ4n) is 3.50. The highest BCUT2D eigenvalue weighted by Crippen LogP contribution is 2.43. The van der Waals surface area contributed by atoms with Gasteiger partial charge in [0, 0.05) is 0 Å². The summed E-state index contributed by atoms with van der Waals surface area (Å²) in [5, 5.41) is 19.1. The Morgan fingerprint density at radius 1 is 1.23 bits per heavy atom. The van der Waals surface area contributed by atoms with Crippen LogP contribution in [0.5, 0.6) is 0 Å². The molecule has 0 amide bonds. The Hall–Kier alpha value is -4.05. The smallest absolute Gasteiger partial charge is 0.338 e. The maximum atomic E-state index is 12.7. The van der Waals surface area contributed by atoms with Gasteiger partial charge in [-0.15, -0.1) is 0 Å². The van der Waals surface area contributed by atoms with E-state index in [1.807, 2.05) is 0 Å². The molecule has 0 radical (unpaired) electrons. The second-order valence-electron chi connectivity index (χ2n) is 6.59. The first-order valence-electron chi connectivity index (χ1n) is 9.27. The highest BCUT2D eigenvalue weighted by atomic mass is 16.5. The Labute approximate surface area is 173 Å². The average Bonchev–Trinajstić information content (AvgIpc) is 2.73. The molecule has 1 heterocycles. The lowest BCUT2D eigenvalue weighted by Gasteiger charge is -2.28. The van der Waals surface area contributed by atoms with E-state index in [0.717, 1.165) is 0 Å². The van der Waals surface area contributed by atoms with Crippen LogP contribution in [0.15, 0.2) is 71.3 Å². The van der Waals surface area contributed by atoms with Gasteiger partial charge in [-0.1, -0.05) is 36.4 Å². The molecule has 3 N–H and O–H groups in total. The number of rotatable bonds is 5. The Morgan fingerprint density at radius 2 is 1.97 bits per heavy atom. The summed E-state index contributed by atoms with van der Waals surface area (Å²) in [5.74, 6) is -2.29. The van der Waals surface area contributed by atoms with Gasteiger partial charge in [0.2, 0.25) is 5.88 Å². The summed E-state index contributed by atoms with van der Waals surface area (Å²) in [6, 6.07) is 15.6. The van der Waals surface area contributed by atoms with Crippen LogP contribution in [0.1, 0.15) is 35.7 Å². The minimum atomic E-state index is -1.05. The zero-order valence-electron chi connectivity index (χ0n) is 16.5. The van der Waals surface area contributed by atoms with Crippen LogP contribution in [0.3, 0.4) is 0 Å². The summed E-state index contributed by atoms with van der Waals surface area (Å²) < 4.78 is 10.7. The average molecular weight is 404 g/mol. The highest BCUT2D eigenvalue weighted by molar-refractivity contribution is 5.94. The molecule has 7 heteroatoms. The fourth-order valence-corrected chi connectivity index (χ4v) is 3.50. The molecule has 0 saturated carbocycles. The summed E-state index contributed by atoms with van der Waals surface area (Å²) in [6.07, 6.45) is 0. The number of hydrogen-bond donors (Lipinski definition) is 2. The van der Waals surface area contributed by atoms with Crippen molar-refractivity contribution in [3.63, 3.8) is 0 Å². The van der Waals surface area contributed by atoms with Gasteiger partial charge in [0.15, 0.2) is 0 Å². The van der Waals surface area contributed by atoms with Crippen molar-refractivity contribution >= 4 is 11.9 Å². The first-order valence-corrected chi connectivity index (χ1v) is 9.27. The molecule has 152 valence electrons. The number of carboxylic acid groups (broad SMARTS) is 1. The van der Waals surface area contributed by atoms with Gasteiger partial charge in [-0.25, -0.2) is 9.59 Å². The van der Waals surface area contributed by atoms with Crippen molar-refractivity contribution in [1.82, 2.24) is 0 Å². The number of allylic oxidation sites excluding steroid dienone is 2. The standard InChI is InChI=1S/C23H20N2O5/c1-3-29-23(28)19-13(2)30-21(25)18(12-24)20(19)17-10-5-4-9-16(17)14-7-6-8-15(11-14)22(26)27/h4-11,20H,3,25H2,1-2H3,(H,26,27). The predicted octanol–water partition coefficient (Wildman–Crippen LogP) is 3.70. The van der Waals surface area contributed by atoms with Crippen molar-refractivity contribution in [3.05, 3.63) is 82.4 Å². The maximum Gasteiger partial charge on any atom is 0.338 e. The molecule has 2 aromatic rings. The summed E-state index contributed by atoms with van der Waals surface area (Å²) in [7, 11) is 0. The Bertz CT molecular complexity index is 1120. The Balaban J connectivity index is 2.26. The van der Waals surface area contributed by atoms with Crippen LogP contribution in [0.25, 0.3) is 11.1 Å². The van der Waals surface area contributed by atoms with E-state index in [4.69, 9.17) is 15.2 Å². The molecule has 0 saturated heterocycles. The normalized spacial score (nSPS) is 16.0. The van der Waals surface area contributed by atoms with Crippen LogP contribution < -0.4 is 5.73 Å². The van der Waals surface area contributed by atoms with E-state index in [1.54, 1.807) is 56.3 Å². The van der Waals surface area contributed by atoms with Gasteiger partial charge < -0.3 is 20.3 Å². The molecule has 0 spiro atoms. The van der Waals surface area contributed by atoms with Crippen molar-refractivity contribution in [3.8, 4) is 17.2 Å². The van der Waals surface area contributed by atoms with Crippen LogP contribution in [-0.2, 0) is 14.3 Å². The summed E-state index contributed by atoms with van der Waals surface area (Å²) >= 11 is 0. The van der Waals surface area contributed by atoms with Crippen molar-refractivity contribution in [2.45, 2.75) is 19.8 Å². The lowest BCUT2D eigenvalue weighted by molar-refractivity contribution is -0.139. The van der Waals surface area contributed by atoms with E-state index >= 15 is 0 Å². The second-order valence-corrected chi connectivity index (χ2v) is 6.59. The first-order chi connectivity index (χ1) is 14.4. The van der Waals surface area contributed by atoms with E-state index in [9.17, 15) is 20.0 Å². The number of carbonyl (C=O) groups is 2. The van der Waals surface area contributed by atoms with Crippen LogP contribution >= 0.6 is 0 Å². The van der Waals surface area contributed by atoms with Gasteiger partial charge in [0.05, 0.1) is 23.7 Å². The molecule has 0 fully saturated rings. The zero-order valence-corrected chi connectivity index (χ0v) is 16.5. The summed E-state index contributed by atoms with van der Waals surface area (Å²) in [4.78, 5) is 24.2. The second kappa shape index (κ2) is 8.53. The van der Waals surface area contributed by atoms with Gasteiger partial charge in [0.25, 0.3) is 0 Å². The van der Waals surface area contributed by atoms with Crippen molar-refractivity contribution in [2.75, 3.05) is 6.61 Å². The minimum Gasteiger partial charge on any atom is -0.478 e. The topological polar surface area (TPSA) is 123 Å². The molecule has 1 unspecified atom stereocenters. The molecule has 7 nitrogen and oxygen atoms in total. The van der Waals surface area contributed by atoms with Crippen molar-refractivity contribution in [2.24, 2.45) is 5.73 Å². The van der Waals surface area contributed by atoms with Crippen LogP contribution in [0.2, 0.25) is 0 Å². The summed E-state index contributed by atoms with van der Waals surface area (Å²) in [5.41, 5.74) is 8.29. The molecule has 1 aliphatic heterocycles. The Kier molecular flexibility index (Phi) is 5.88.